The third kappa shape index (κ3) is 3.07. The van der Waals surface area contributed by atoms with E-state index in [9.17, 15) is 0 Å². The highest BCUT2D eigenvalue weighted by Gasteiger charge is 2.15. The molecule has 0 bridgehead atoms. The van der Waals surface area contributed by atoms with Crippen molar-refractivity contribution in [2.24, 2.45) is 0 Å². The van der Waals surface area contributed by atoms with Crippen LogP contribution in [0.5, 0.6) is 0 Å². The van der Waals surface area contributed by atoms with Crippen LogP contribution in [0.25, 0.3) is 0 Å². The fourth-order valence-corrected chi connectivity index (χ4v) is 2.50. The summed E-state index contributed by atoms with van der Waals surface area (Å²) in [6.07, 6.45) is 0.0252. The van der Waals surface area contributed by atoms with E-state index in [0.717, 1.165) is 9.35 Å². The van der Waals surface area contributed by atoms with Crippen LogP contribution < -0.4 is 0 Å². The Hall–Kier alpha value is -0.410. The number of hydrogen-bond donors (Lipinski definition) is 1. The second-order valence-corrected chi connectivity index (χ2v) is 4.39. The lowest BCUT2D eigenvalue weighted by molar-refractivity contribution is 0.0790. The third-order valence-electron chi connectivity index (χ3n) is 1.59. The van der Waals surface area contributed by atoms with E-state index in [1.54, 1.807) is 0 Å². The van der Waals surface area contributed by atoms with Gasteiger partial charge in [0.2, 0.25) is 0 Å². The van der Waals surface area contributed by atoms with Gasteiger partial charge in [0.05, 0.1) is 11.5 Å². The molecule has 0 amide bonds. The summed E-state index contributed by atoms with van der Waals surface area (Å²) in [5.74, 6) is 0. The maximum absolute atomic E-state index is 8.87. The van der Waals surface area contributed by atoms with Crippen molar-refractivity contribution in [2.45, 2.75) is 12.5 Å². The first-order chi connectivity index (χ1) is 6.79. The van der Waals surface area contributed by atoms with Gasteiger partial charge in [0.1, 0.15) is 6.07 Å². The van der Waals surface area contributed by atoms with Gasteiger partial charge in [0.15, 0.2) is 6.10 Å². The van der Waals surface area contributed by atoms with Crippen molar-refractivity contribution in [1.29, 1.82) is 5.26 Å². The lowest BCUT2D eigenvalue weighted by atomic mass is 10.3. The Kier molecular flexibility index (Phi) is 5.12. The first-order valence-electron chi connectivity index (χ1n) is 4.14. The van der Waals surface area contributed by atoms with E-state index in [0.29, 0.717) is 13.0 Å². The fourth-order valence-electron chi connectivity index (χ4n) is 0.930. The van der Waals surface area contributed by atoms with Crippen molar-refractivity contribution in [3.8, 4) is 6.07 Å². The van der Waals surface area contributed by atoms with E-state index in [4.69, 9.17) is 15.1 Å². The van der Waals surface area contributed by atoms with Gasteiger partial charge < -0.3 is 9.84 Å². The van der Waals surface area contributed by atoms with Gasteiger partial charge in [-0.2, -0.15) is 5.26 Å². The van der Waals surface area contributed by atoms with Crippen LogP contribution in [0.3, 0.4) is 0 Å². The Bertz CT molecular complexity index is 321. The molecular formula is C9H10BrNO2S. The molecule has 5 heteroatoms. The van der Waals surface area contributed by atoms with E-state index in [-0.39, 0.29) is 6.61 Å². The van der Waals surface area contributed by atoms with E-state index < -0.39 is 6.10 Å². The van der Waals surface area contributed by atoms with Gasteiger partial charge in [-0.1, -0.05) is 0 Å². The number of rotatable bonds is 5. The molecule has 1 N–H and O–H groups in total. The molecule has 3 nitrogen and oxygen atoms in total. The predicted molar refractivity (Wildman–Crippen MR) is 58.0 cm³/mol. The third-order valence-corrected chi connectivity index (χ3v) is 3.50. The Morgan fingerprint density at radius 3 is 3.00 bits per heavy atom. The number of nitriles is 1. The van der Waals surface area contributed by atoms with E-state index in [1.807, 2.05) is 11.4 Å². The van der Waals surface area contributed by atoms with Crippen molar-refractivity contribution in [3.05, 3.63) is 20.8 Å². The van der Waals surface area contributed by atoms with E-state index in [1.165, 1.54) is 11.3 Å². The molecule has 0 spiro atoms. The second-order valence-electron chi connectivity index (χ2n) is 2.59. The van der Waals surface area contributed by atoms with E-state index >= 15 is 0 Å². The Labute approximate surface area is 95.1 Å². The van der Waals surface area contributed by atoms with Crippen LogP contribution in [0.2, 0.25) is 0 Å². The minimum atomic E-state index is -0.532. The highest BCUT2D eigenvalue weighted by atomic mass is 79.9. The number of halogens is 1. The summed E-state index contributed by atoms with van der Waals surface area (Å²) >= 11 is 4.83. The molecule has 0 aliphatic carbocycles. The average Bonchev–Trinajstić information content (AvgIpc) is 2.60. The minimum Gasteiger partial charge on any atom is -0.396 e. The number of ether oxygens (including phenoxy) is 1. The van der Waals surface area contributed by atoms with Crippen molar-refractivity contribution in [2.75, 3.05) is 13.2 Å². The molecule has 1 unspecified atom stereocenters. The Morgan fingerprint density at radius 1 is 1.71 bits per heavy atom. The monoisotopic (exact) mass is 275 g/mol. The zero-order chi connectivity index (χ0) is 10.4. The standard InChI is InChI=1S/C9H10BrNO2S/c10-7-2-5-14-9(7)8(6-11)13-4-1-3-12/h2,5,8,12H,1,3-4H2. The zero-order valence-corrected chi connectivity index (χ0v) is 9.84. The van der Waals surface area contributed by atoms with Gasteiger partial charge in [0.25, 0.3) is 0 Å². The molecule has 1 aromatic heterocycles. The molecule has 1 rings (SSSR count). The summed E-state index contributed by atoms with van der Waals surface area (Å²) in [4.78, 5) is 0.880. The van der Waals surface area contributed by atoms with Crippen molar-refractivity contribution in [1.82, 2.24) is 0 Å². The summed E-state index contributed by atoms with van der Waals surface area (Å²) in [6.45, 7) is 0.489. The molecule has 0 saturated carbocycles. The van der Waals surface area contributed by atoms with Crippen LogP contribution in [0.4, 0.5) is 0 Å². The largest absolute Gasteiger partial charge is 0.396 e. The Morgan fingerprint density at radius 2 is 2.50 bits per heavy atom. The van der Waals surface area contributed by atoms with Gasteiger partial charge in [-0.3, -0.25) is 0 Å². The second kappa shape index (κ2) is 6.14. The number of nitrogens with zero attached hydrogens (tertiary/aromatic N) is 1. The van der Waals surface area contributed by atoms with Crippen molar-refractivity contribution < 1.29 is 9.84 Å². The molecule has 1 aromatic rings. The number of aliphatic hydroxyl groups excluding tert-OH is 1. The molecule has 0 aromatic carbocycles. The molecule has 0 aliphatic rings. The highest BCUT2D eigenvalue weighted by molar-refractivity contribution is 9.10. The molecule has 14 heavy (non-hydrogen) atoms. The van der Waals surface area contributed by atoms with E-state index in [2.05, 4.69) is 22.0 Å². The molecule has 1 atom stereocenters. The molecule has 0 saturated heterocycles. The summed E-state index contributed by atoms with van der Waals surface area (Å²) in [7, 11) is 0. The average molecular weight is 276 g/mol. The maximum Gasteiger partial charge on any atom is 0.179 e. The summed E-state index contributed by atoms with van der Waals surface area (Å²) in [5, 5.41) is 19.3. The first-order valence-corrected chi connectivity index (χ1v) is 5.82. The molecule has 0 aliphatic heterocycles. The maximum atomic E-state index is 8.87. The first kappa shape index (κ1) is 11.7. The van der Waals surface area contributed by atoms with Crippen LogP contribution in [-0.2, 0) is 4.74 Å². The highest BCUT2D eigenvalue weighted by Crippen LogP contribution is 2.30. The van der Waals surface area contributed by atoms with Crippen LogP contribution in [0.15, 0.2) is 15.9 Å². The topological polar surface area (TPSA) is 53.2 Å². The summed E-state index contributed by atoms with van der Waals surface area (Å²) in [5.41, 5.74) is 0. The smallest absolute Gasteiger partial charge is 0.179 e. The van der Waals surface area contributed by atoms with Crippen LogP contribution >= 0.6 is 27.3 Å². The number of hydrogen-bond acceptors (Lipinski definition) is 4. The summed E-state index contributed by atoms with van der Waals surface area (Å²) < 4.78 is 6.22. The number of thiophene rings is 1. The predicted octanol–water partition coefficient (Wildman–Crippen LogP) is 2.47. The quantitative estimate of drug-likeness (QED) is 0.840. The molecular weight excluding hydrogens is 266 g/mol. The Balaban J connectivity index is 2.56. The van der Waals surface area contributed by atoms with Crippen molar-refractivity contribution >= 4 is 27.3 Å². The fraction of sp³-hybridized carbons (Fsp3) is 0.444. The van der Waals surface area contributed by atoms with Gasteiger partial charge in [0, 0.05) is 11.1 Å². The summed E-state index contributed by atoms with van der Waals surface area (Å²) in [6, 6.07) is 3.97. The molecule has 0 fully saturated rings. The van der Waals surface area contributed by atoms with Gasteiger partial charge in [-0.05, 0) is 33.8 Å². The van der Waals surface area contributed by atoms with Crippen LogP contribution in [0.1, 0.15) is 17.4 Å². The SMILES string of the molecule is N#CC(OCCCO)c1sccc1Br. The molecule has 76 valence electrons. The minimum absolute atomic E-state index is 0.0871. The lowest BCUT2D eigenvalue weighted by Crippen LogP contribution is -2.03. The van der Waals surface area contributed by atoms with Crippen molar-refractivity contribution in [3.63, 3.8) is 0 Å². The van der Waals surface area contributed by atoms with Crippen LogP contribution in [-0.4, -0.2) is 18.3 Å². The van der Waals surface area contributed by atoms with Crippen LogP contribution in [0, 0.1) is 11.3 Å². The van der Waals surface area contributed by atoms with Gasteiger partial charge in [-0.25, -0.2) is 0 Å². The van der Waals surface area contributed by atoms with Gasteiger partial charge >= 0.3 is 0 Å². The lowest BCUT2D eigenvalue weighted by Gasteiger charge is -2.08. The normalized spacial score (nSPS) is 12.4. The molecule has 0 radical (unpaired) electrons. The number of aliphatic hydroxyl groups is 1. The zero-order valence-electron chi connectivity index (χ0n) is 7.44. The van der Waals surface area contributed by atoms with Gasteiger partial charge in [-0.15, -0.1) is 11.3 Å². The molecule has 1 heterocycles.